The number of carbonyl (C=O) groups excluding carboxylic acids is 1. The molecule has 19 heavy (non-hydrogen) atoms. The number of unbranched alkanes of at least 4 members (excludes halogenated alkanes) is 1. The predicted octanol–water partition coefficient (Wildman–Crippen LogP) is 3.59. The number of hydrogen-bond acceptors (Lipinski definition) is 2. The summed E-state index contributed by atoms with van der Waals surface area (Å²) in [4.78, 5) is 12.1. The maximum Gasteiger partial charge on any atom is 0.253 e. The Bertz CT molecular complexity index is 413. The van der Waals surface area contributed by atoms with Crippen LogP contribution < -0.4 is 10.6 Å². The maximum absolute atomic E-state index is 12.1. The molecule has 106 valence electrons. The van der Waals surface area contributed by atoms with Crippen LogP contribution in [0.5, 0.6) is 0 Å². The van der Waals surface area contributed by atoms with E-state index in [-0.39, 0.29) is 5.91 Å². The molecule has 1 aromatic rings. The standard InChI is InChI=1S/C16H26N2O/c1-12(2)7-5-6-10-18-16(19)14-9-8-13(3)11-15(14)17-4/h8-9,11-12,17H,5-7,10H2,1-4H3,(H,18,19). The monoisotopic (exact) mass is 262 g/mol. The highest BCUT2D eigenvalue weighted by molar-refractivity contribution is 5.99. The molecular formula is C16H26N2O. The number of rotatable bonds is 7. The van der Waals surface area contributed by atoms with Crippen LogP contribution in [0.3, 0.4) is 0 Å². The first kappa shape index (κ1) is 15.5. The molecule has 0 spiro atoms. The molecule has 3 heteroatoms. The molecule has 0 bridgehead atoms. The van der Waals surface area contributed by atoms with Crippen molar-refractivity contribution >= 4 is 11.6 Å². The Morgan fingerprint density at radius 1 is 1.26 bits per heavy atom. The molecule has 0 aliphatic rings. The minimum Gasteiger partial charge on any atom is -0.387 e. The van der Waals surface area contributed by atoms with E-state index in [1.165, 1.54) is 12.8 Å². The fourth-order valence-electron chi connectivity index (χ4n) is 2.04. The Hall–Kier alpha value is -1.51. The largest absolute Gasteiger partial charge is 0.387 e. The van der Waals surface area contributed by atoms with Crippen molar-refractivity contribution in [3.63, 3.8) is 0 Å². The van der Waals surface area contributed by atoms with Gasteiger partial charge in [-0.3, -0.25) is 4.79 Å². The van der Waals surface area contributed by atoms with Crippen LogP contribution in [0.1, 0.15) is 49.0 Å². The number of nitrogens with one attached hydrogen (secondary N) is 2. The van der Waals surface area contributed by atoms with Crippen molar-refractivity contribution in [3.8, 4) is 0 Å². The number of anilines is 1. The molecule has 1 amide bonds. The molecule has 0 aliphatic carbocycles. The summed E-state index contributed by atoms with van der Waals surface area (Å²) in [6.07, 6.45) is 3.44. The summed E-state index contributed by atoms with van der Waals surface area (Å²) in [5.74, 6) is 0.748. The molecule has 0 aliphatic heterocycles. The quantitative estimate of drug-likeness (QED) is 0.737. The van der Waals surface area contributed by atoms with E-state index in [9.17, 15) is 4.79 Å². The summed E-state index contributed by atoms with van der Waals surface area (Å²) in [5.41, 5.74) is 2.76. The molecular weight excluding hydrogens is 236 g/mol. The maximum atomic E-state index is 12.1. The van der Waals surface area contributed by atoms with Crippen LogP contribution >= 0.6 is 0 Å². The summed E-state index contributed by atoms with van der Waals surface area (Å²) < 4.78 is 0. The molecule has 0 heterocycles. The topological polar surface area (TPSA) is 41.1 Å². The molecule has 3 nitrogen and oxygen atoms in total. The Morgan fingerprint density at radius 2 is 2.00 bits per heavy atom. The van der Waals surface area contributed by atoms with Gasteiger partial charge in [-0.15, -0.1) is 0 Å². The van der Waals surface area contributed by atoms with Crippen molar-refractivity contribution in [2.45, 2.75) is 40.0 Å². The minimum absolute atomic E-state index is 0.00824. The lowest BCUT2D eigenvalue weighted by atomic mass is 10.1. The number of amides is 1. The third kappa shape index (κ3) is 5.33. The van der Waals surface area contributed by atoms with E-state index in [2.05, 4.69) is 24.5 Å². The number of carbonyl (C=O) groups is 1. The molecule has 0 atom stereocenters. The van der Waals surface area contributed by atoms with Crippen LogP contribution in [0.4, 0.5) is 5.69 Å². The summed E-state index contributed by atoms with van der Waals surface area (Å²) >= 11 is 0. The van der Waals surface area contributed by atoms with Gasteiger partial charge in [0.2, 0.25) is 0 Å². The lowest BCUT2D eigenvalue weighted by Gasteiger charge is -2.11. The third-order valence-corrected chi connectivity index (χ3v) is 3.18. The van der Waals surface area contributed by atoms with Gasteiger partial charge in [-0.1, -0.05) is 32.8 Å². The molecule has 1 aromatic carbocycles. The van der Waals surface area contributed by atoms with Gasteiger partial charge < -0.3 is 10.6 Å². The van der Waals surface area contributed by atoms with Crippen LogP contribution in [0.2, 0.25) is 0 Å². The molecule has 0 fully saturated rings. The van der Waals surface area contributed by atoms with Crippen LogP contribution in [0, 0.1) is 12.8 Å². The van der Waals surface area contributed by atoms with E-state index >= 15 is 0 Å². The van der Waals surface area contributed by atoms with E-state index in [0.29, 0.717) is 0 Å². The average molecular weight is 262 g/mol. The third-order valence-electron chi connectivity index (χ3n) is 3.18. The summed E-state index contributed by atoms with van der Waals surface area (Å²) in [5, 5.41) is 6.06. The smallest absolute Gasteiger partial charge is 0.253 e. The van der Waals surface area contributed by atoms with Gasteiger partial charge in [0.05, 0.1) is 5.56 Å². The van der Waals surface area contributed by atoms with Crippen LogP contribution in [-0.2, 0) is 0 Å². The number of hydrogen-bond donors (Lipinski definition) is 2. The molecule has 0 saturated heterocycles. The van der Waals surface area contributed by atoms with Crippen LogP contribution in [-0.4, -0.2) is 19.5 Å². The summed E-state index contributed by atoms with van der Waals surface area (Å²) in [6, 6.07) is 5.84. The van der Waals surface area contributed by atoms with Crippen LogP contribution in [0.25, 0.3) is 0 Å². The van der Waals surface area contributed by atoms with Gasteiger partial charge in [-0.05, 0) is 37.0 Å². The molecule has 2 N–H and O–H groups in total. The van der Waals surface area contributed by atoms with Crippen molar-refractivity contribution in [3.05, 3.63) is 29.3 Å². The molecule has 0 aromatic heterocycles. The highest BCUT2D eigenvalue weighted by Gasteiger charge is 2.09. The van der Waals surface area contributed by atoms with Crippen molar-refractivity contribution in [1.29, 1.82) is 0 Å². The second-order valence-electron chi connectivity index (χ2n) is 5.44. The zero-order chi connectivity index (χ0) is 14.3. The van der Waals surface area contributed by atoms with Crippen molar-refractivity contribution in [2.24, 2.45) is 5.92 Å². The first-order chi connectivity index (χ1) is 9.04. The SMILES string of the molecule is CNc1cc(C)ccc1C(=O)NCCCCC(C)C. The first-order valence-electron chi connectivity index (χ1n) is 7.11. The predicted molar refractivity (Wildman–Crippen MR) is 81.7 cm³/mol. The van der Waals surface area contributed by atoms with E-state index in [4.69, 9.17) is 0 Å². The molecule has 1 rings (SSSR count). The Kier molecular flexibility index (Phi) is 6.40. The molecule has 0 unspecified atom stereocenters. The van der Waals surface area contributed by atoms with Gasteiger partial charge in [0.25, 0.3) is 5.91 Å². The fraction of sp³-hybridized carbons (Fsp3) is 0.562. The fourth-order valence-corrected chi connectivity index (χ4v) is 2.04. The summed E-state index contributed by atoms with van der Waals surface area (Å²) in [6.45, 7) is 7.23. The zero-order valence-corrected chi connectivity index (χ0v) is 12.5. The minimum atomic E-state index is 0.00824. The van der Waals surface area contributed by atoms with Gasteiger partial charge >= 0.3 is 0 Å². The summed E-state index contributed by atoms with van der Waals surface area (Å²) in [7, 11) is 1.84. The van der Waals surface area contributed by atoms with E-state index < -0.39 is 0 Å². The van der Waals surface area contributed by atoms with Crippen molar-refractivity contribution < 1.29 is 4.79 Å². The van der Waals surface area contributed by atoms with Gasteiger partial charge in [0, 0.05) is 19.3 Å². The van der Waals surface area contributed by atoms with E-state index in [1.54, 1.807) is 0 Å². The van der Waals surface area contributed by atoms with Crippen molar-refractivity contribution in [2.75, 3.05) is 18.9 Å². The highest BCUT2D eigenvalue weighted by atomic mass is 16.1. The van der Waals surface area contributed by atoms with Crippen molar-refractivity contribution in [1.82, 2.24) is 5.32 Å². The normalized spacial score (nSPS) is 10.6. The van der Waals surface area contributed by atoms with Gasteiger partial charge in [0.1, 0.15) is 0 Å². The Balaban J connectivity index is 2.45. The molecule has 0 radical (unpaired) electrons. The number of aryl methyl sites for hydroxylation is 1. The lowest BCUT2D eigenvalue weighted by Crippen LogP contribution is -2.25. The second-order valence-corrected chi connectivity index (χ2v) is 5.44. The van der Waals surface area contributed by atoms with Crippen LogP contribution in [0.15, 0.2) is 18.2 Å². The van der Waals surface area contributed by atoms with Gasteiger partial charge in [0.15, 0.2) is 0 Å². The Morgan fingerprint density at radius 3 is 2.63 bits per heavy atom. The van der Waals surface area contributed by atoms with Gasteiger partial charge in [-0.25, -0.2) is 0 Å². The van der Waals surface area contributed by atoms with E-state index in [1.807, 2.05) is 32.2 Å². The van der Waals surface area contributed by atoms with Gasteiger partial charge in [-0.2, -0.15) is 0 Å². The lowest BCUT2D eigenvalue weighted by molar-refractivity contribution is 0.0953. The second kappa shape index (κ2) is 7.82. The zero-order valence-electron chi connectivity index (χ0n) is 12.5. The van der Waals surface area contributed by atoms with E-state index in [0.717, 1.165) is 35.7 Å². The average Bonchev–Trinajstić information content (AvgIpc) is 2.37. The first-order valence-corrected chi connectivity index (χ1v) is 7.11. The number of benzene rings is 1. The Labute approximate surface area is 116 Å². The highest BCUT2D eigenvalue weighted by Crippen LogP contribution is 2.16. The molecule has 0 saturated carbocycles.